The molecule has 0 saturated heterocycles. The van der Waals surface area contributed by atoms with Gasteiger partial charge in [-0.15, -0.1) is 0 Å². The lowest BCUT2D eigenvalue weighted by Gasteiger charge is -2.29. The van der Waals surface area contributed by atoms with Crippen molar-refractivity contribution in [2.75, 3.05) is 6.54 Å². The van der Waals surface area contributed by atoms with Crippen LogP contribution in [0.2, 0.25) is 0 Å². The van der Waals surface area contributed by atoms with E-state index in [2.05, 4.69) is 5.10 Å². The first kappa shape index (κ1) is 17.6. The average molecular weight is 372 g/mol. The molecule has 0 bridgehead atoms. The Morgan fingerprint density at radius 2 is 2.11 bits per heavy atom. The van der Waals surface area contributed by atoms with Crippen LogP contribution in [0.4, 0.5) is 4.39 Å². The molecular formula is C19H21FN4O3. The van der Waals surface area contributed by atoms with Crippen LogP contribution >= 0.6 is 0 Å². The Hall–Kier alpha value is -2.77. The molecule has 1 amide bonds. The predicted octanol–water partition coefficient (Wildman–Crippen LogP) is 2.59. The lowest BCUT2D eigenvalue weighted by atomic mass is 9.87. The van der Waals surface area contributed by atoms with Crippen molar-refractivity contribution < 1.29 is 14.1 Å². The normalized spacial score (nSPS) is 23.4. The van der Waals surface area contributed by atoms with Gasteiger partial charge in [-0.2, -0.15) is 5.10 Å². The van der Waals surface area contributed by atoms with Crippen LogP contribution in [0, 0.1) is 27.3 Å². The molecule has 1 aromatic heterocycles. The first-order valence-corrected chi connectivity index (χ1v) is 9.00. The molecule has 1 fully saturated rings. The molecule has 0 radical (unpaired) electrons. The highest BCUT2D eigenvalue weighted by Gasteiger charge is 2.55. The van der Waals surface area contributed by atoms with E-state index in [1.165, 1.54) is 6.07 Å². The number of carbonyl (C=O) groups is 1. The van der Waals surface area contributed by atoms with Crippen LogP contribution in [-0.4, -0.2) is 38.1 Å². The molecule has 2 aromatic rings. The Balaban J connectivity index is 1.67. The van der Waals surface area contributed by atoms with Crippen LogP contribution in [0.15, 0.2) is 30.5 Å². The molecule has 0 unspecified atom stereocenters. The van der Waals surface area contributed by atoms with Crippen molar-refractivity contribution >= 4 is 5.91 Å². The number of carbonyl (C=O) groups excluding carboxylic acids is 1. The fraction of sp³-hybridized carbons (Fsp3) is 0.474. The quantitative estimate of drug-likeness (QED) is 0.613. The number of halogens is 1. The van der Waals surface area contributed by atoms with Gasteiger partial charge in [0, 0.05) is 35.7 Å². The lowest BCUT2D eigenvalue weighted by Crippen LogP contribution is -2.39. The predicted molar refractivity (Wildman–Crippen MR) is 95.3 cm³/mol. The number of hydrogen-bond donors (Lipinski definition) is 0. The molecule has 142 valence electrons. The summed E-state index contributed by atoms with van der Waals surface area (Å²) in [7, 11) is 0. The zero-order valence-electron chi connectivity index (χ0n) is 15.3. The molecule has 2 heterocycles. The van der Waals surface area contributed by atoms with Crippen molar-refractivity contribution in [3.8, 4) is 5.69 Å². The van der Waals surface area contributed by atoms with Gasteiger partial charge in [0.2, 0.25) is 11.9 Å². The number of para-hydroxylation sites is 1. The Labute approximate surface area is 155 Å². The third kappa shape index (κ3) is 3.20. The highest BCUT2D eigenvalue weighted by Crippen LogP contribution is 2.38. The Kier molecular flexibility index (Phi) is 4.01. The Morgan fingerprint density at radius 3 is 2.78 bits per heavy atom. The molecule has 4 rings (SSSR count). The van der Waals surface area contributed by atoms with Crippen LogP contribution in [0.5, 0.6) is 0 Å². The van der Waals surface area contributed by atoms with E-state index >= 15 is 0 Å². The Morgan fingerprint density at radius 1 is 1.37 bits per heavy atom. The van der Waals surface area contributed by atoms with Crippen LogP contribution in [-0.2, 0) is 17.8 Å². The van der Waals surface area contributed by atoms with Crippen molar-refractivity contribution in [2.45, 2.75) is 39.3 Å². The van der Waals surface area contributed by atoms with Gasteiger partial charge >= 0.3 is 0 Å². The van der Waals surface area contributed by atoms with Gasteiger partial charge in [0.15, 0.2) is 0 Å². The summed E-state index contributed by atoms with van der Waals surface area (Å²) in [6, 6.07) is 5.70. The van der Waals surface area contributed by atoms with Crippen LogP contribution in [0.1, 0.15) is 31.5 Å². The molecule has 1 aromatic carbocycles. The number of hydrogen-bond acceptors (Lipinski definition) is 4. The molecule has 1 aliphatic carbocycles. The molecule has 0 N–H and O–H groups in total. The zero-order chi connectivity index (χ0) is 19.3. The third-order valence-electron chi connectivity index (χ3n) is 5.32. The van der Waals surface area contributed by atoms with Crippen molar-refractivity contribution in [3.63, 3.8) is 0 Å². The number of fused-ring (bicyclic) bond motifs is 1. The summed E-state index contributed by atoms with van der Waals surface area (Å²) in [6.45, 7) is 4.92. The topological polar surface area (TPSA) is 81.3 Å². The first-order valence-electron chi connectivity index (χ1n) is 9.00. The van der Waals surface area contributed by atoms with Crippen LogP contribution < -0.4 is 0 Å². The highest BCUT2D eigenvalue weighted by atomic mass is 19.1. The number of benzene rings is 1. The van der Waals surface area contributed by atoms with Crippen molar-refractivity contribution in [3.05, 3.63) is 57.7 Å². The summed E-state index contributed by atoms with van der Waals surface area (Å²) in [5.41, 5.74) is 1.85. The van der Waals surface area contributed by atoms with Crippen molar-refractivity contribution in [1.29, 1.82) is 0 Å². The summed E-state index contributed by atoms with van der Waals surface area (Å²) < 4.78 is 15.9. The molecule has 2 atom stereocenters. The SMILES string of the molecule is CC1(C)Cc2c(cnn2-c2ccccc2F)CN(C(=O)[C@@H]2C[C@H]2[N+](=O)[O-])C1. The van der Waals surface area contributed by atoms with E-state index < -0.39 is 12.0 Å². The molecule has 1 aliphatic heterocycles. The number of rotatable bonds is 3. The van der Waals surface area contributed by atoms with E-state index in [9.17, 15) is 19.3 Å². The molecule has 8 heteroatoms. The van der Waals surface area contributed by atoms with Gasteiger partial charge in [0.05, 0.1) is 6.20 Å². The smallest absolute Gasteiger partial charge is 0.233 e. The van der Waals surface area contributed by atoms with E-state index in [4.69, 9.17) is 0 Å². The second-order valence-corrected chi connectivity index (χ2v) is 8.21. The fourth-order valence-electron chi connectivity index (χ4n) is 3.92. The number of nitro groups is 1. The fourth-order valence-corrected chi connectivity index (χ4v) is 3.92. The summed E-state index contributed by atoms with van der Waals surface area (Å²) in [5, 5.41) is 15.3. The van der Waals surface area contributed by atoms with Gasteiger partial charge in [0.1, 0.15) is 17.4 Å². The summed E-state index contributed by atoms with van der Waals surface area (Å²) in [5.74, 6) is -1.06. The number of amides is 1. The average Bonchev–Trinajstić information content (AvgIpc) is 3.34. The molecule has 7 nitrogen and oxygen atoms in total. The summed E-state index contributed by atoms with van der Waals surface area (Å²) in [4.78, 5) is 25.1. The van der Waals surface area contributed by atoms with Crippen LogP contribution in [0.25, 0.3) is 5.69 Å². The minimum absolute atomic E-state index is 0.170. The number of aromatic nitrogens is 2. The number of nitrogens with zero attached hydrogens (tertiary/aromatic N) is 4. The zero-order valence-corrected chi connectivity index (χ0v) is 15.3. The maximum atomic E-state index is 14.3. The summed E-state index contributed by atoms with van der Waals surface area (Å²) in [6.07, 6.45) is 2.61. The van der Waals surface area contributed by atoms with Gasteiger partial charge in [0.25, 0.3) is 0 Å². The minimum Gasteiger partial charge on any atom is -0.337 e. The molecule has 0 spiro atoms. The lowest BCUT2D eigenvalue weighted by molar-refractivity contribution is -0.497. The molecule has 1 saturated carbocycles. The van der Waals surface area contributed by atoms with Crippen LogP contribution in [0.3, 0.4) is 0 Å². The first-order chi connectivity index (χ1) is 12.8. The van der Waals surface area contributed by atoms with Gasteiger partial charge in [-0.25, -0.2) is 9.07 Å². The maximum absolute atomic E-state index is 14.3. The van der Waals surface area contributed by atoms with E-state index in [-0.39, 0.29) is 22.1 Å². The third-order valence-corrected chi connectivity index (χ3v) is 5.32. The maximum Gasteiger partial charge on any atom is 0.233 e. The molecule has 2 aliphatic rings. The molecular weight excluding hydrogens is 351 g/mol. The second-order valence-electron chi connectivity index (χ2n) is 8.21. The monoisotopic (exact) mass is 372 g/mol. The molecule has 27 heavy (non-hydrogen) atoms. The van der Waals surface area contributed by atoms with Gasteiger partial charge in [-0.1, -0.05) is 26.0 Å². The standard InChI is InChI=1S/C19H21FN4O3/c1-19(2)8-17-12(9-21-23(17)15-6-4-3-5-14(15)20)10-22(11-19)18(25)13-7-16(13)24(26)27/h3-6,9,13,16H,7-8,10-11H2,1-2H3/t13-,16-/m1/s1. The second kappa shape index (κ2) is 6.14. The van der Waals surface area contributed by atoms with Crippen molar-refractivity contribution in [1.82, 2.24) is 14.7 Å². The van der Waals surface area contributed by atoms with E-state index in [0.717, 1.165) is 11.3 Å². The van der Waals surface area contributed by atoms with Gasteiger partial charge in [-0.05, 0) is 24.0 Å². The van der Waals surface area contributed by atoms with E-state index in [0.29, 0.717) is 31.6 Å². The largest absolute Gasteiger partial charge is 0.337 e. The van der Waals surface area contributed by atoms with Gasteiger partial charge < -0.3 is 4.90 Å². The highest BCUT2D eigenvalue weighted by molar-refractivity contribution is 5.82. The van der Waals surface area contributed by atoms with E-state index in [1.54, 1.807) is 34.0 Å². The van der Waals surface area contributed by atoms with E-state index in [1.807, 2.05) is 13.8 Å². The minimum atomic E-state index is -0.760. The summed E-state index contributed by atoms with van der Waals surface area (Å²) >= 11 is 0. The van der Waals surface area contributed by atoms with Gasteiger partial charge in [-0.3, -0.25) is 14.9 Å². The van der Waals surface area contributed by atoms with Crippen molar-refractivity contribution in [2.24, 2.45) is 11.3 Å². The Bertz CT molecular complexity index is 923.